The first-order valence-corrected chi connectivity index (χ1v) is 4.79. The van der Waals surface area contributed by atoms with Crippen LogP contribution in [0.4, 0.5) is 0 Å². The lowest BCUT2D eigenvalue weighted by molar-refractivity contribution is 0.182. The molecule has 1 aromatic heterocycles. The molecule has 3 heteroatoms. The maximum atomic E-state index is 9.44. The molecule has 0 aliphatic heterocycles. The third kappa shape index (κ3) is 2.53. The molecule has 0 bridgehead atoms. The van der Waals surface area contributed by atoms with Crippen LogP contribution in [-0.2, 0) is 5.41 Å². The maximum absolute atomic E-state index is 9.44. The fourth-order valence-corrected chi connectivity index (χ4v) is 1.17. The second kappa shape index (κ2) is 4.07. The van der Waals surface area contributed by atoms with Crippen LogP contribution in [0.2, 0.25) is 0 Å². The molecule has 0 amide bonds. The zero-order chi connectivity index (χ0) is 10.8. The van der Waals surface area contributed by atoms with Crippen LogP contribution in [-0.4, -0.2) is 16.6 Å². The number of aliphatic hydroxyl groups is 1. The molecule has 0 aliphatic rings. The first kappa shape index (κ1) is 11.1. The fraction of sp³-hybridized carbons (Fsp3) is 0.545. The minimum Gasteiger partial charge on any atom is -0.385 e. The first-order valence-electron chi connectivity index (χ1n) is 4.79. The predicted molar refractivity (Wildman–Crippen MR) is 57.0 cm³/mol. The van der Waals surface area contributed by atoms with E-state index in [1.807, 2.05) is 12.1 Å². The van der Waals surface area contributed by atoms with Crippen molar-refractivity contribution in [3.63, 3.8) is 0 Å². The van der Waals surface area contributed by atoms with E-state index >= 15 is 0 Å². The van der Waals surface area contributed by atoms with Gasteiger partial charge in [-0.1, -0.05) is 26.8 Å². The van der Waals surface area contributed by atoms with E-state index in [2.05, 4.69) is 25.8 Å². The van der Waals surface area contributed by atoms with Crippen molar-refractivity contribution in [2.75, 3.05) is 6.54 Å². The lowest BCUT2D eigenvalue weighted by Crippen LogP contribution is -2.15. The van der Waals surface area contributed by atoms with Crippen LogP contribution in [0, 0.1) is 0 Å². The van der Waals surface area contributed by atoms with Crippen LogP contribution < -0.4 is 5.73 Å². The van der Waals surface area contributed by atoms with Gasteiger partial charge in [0.15, 0.2) is 0 Å². The van der Waals surface area contributed by atoms with Crippen molar-refractivity contribution in [2.24, 2.45) is 5.73 Å². The number of hydrogen-bond acceptors (Lipinski definition) is 3. The molecule has 0 saturated heterocycles. The van der Waals surface area contributed by atoms with E-state index in [1.54, 1.807) is 6.20 Å². The molecule has 1 heterocycles. The minimum atomic E-state index is -0.649. The molecule has 3 nitrogen and oxygen atoms in total. The van der Waals surface area contributed by atoms with Crippen molar-refractivity contribution < 1.29 is 5.11 Å². The van der Waals surface area contributed by atoms with Crippen molar-refractivity contribution in [1.82, 2.24) is 4.98 Å². The van der Waals surface area contributed by atoms with Crippen molar-refractivity contribution in [3.8, 4) is 0 Å². The molecule has 0 spiro atoms. The Labute approximate surface area is 85.0 Å². The first-order chi connectivity index (χ1) is 6.45. The lowest BCUT2D eigenvalue weighted by atomic mass is 9.88. The van der Waals surface area contributed by atoms with Gasteiger partial charge in [-0.25, -0.2) is 0 Å². The third-order valence-corrected chi connectivity index (χ3v) is 2.22. The maximum Gasteiger partial charge on any atom is 0.108 e. The van der Waals surface area contributed by atoms with E-state index in [9.17, 15) is 5.11 Å². The highest BCUT2D eigenvalue weighted by Crippen LogP contribution is 2.21. The van der Waals surface area contributed by atoms with E-state index in [0.717, 1.165) is 5.56 Å². The summed E-state index contributed by atoms with van der Waals surface area (Å²) in [7, 11) is 0. The largest absolute Gasteiger partial charge is 0.385 e. The monoisotopic (exact) mass is 194 g/mol. The highest BCUT2D eigenvalue weighted by molar-refractivity contribution is 5.22. The molecule has 0 aromatic carbocycles. The van der Waals surface area contributed by atoms with Crippen LogP contribution in [0.1, 0.15) is 38.1 Å². The topological polar surface area (TPSA) is 59.1 Å². The second-order valence-electron chi connectivity index (χ2n) is 4.47. The molecule has 14 heavy (non-hydrogen) atoms. The number of aromatic nitrogens is 1. The van der Waals surface area contributed by atoms with Gasteiger partial charge < -0.3 is 10.8 Å². The van der Waals surface area contributed by atoms with Gasteiger partial charge in [-0.3, -0.25) is 4.98 Å². The average Bonchev–Trinajstić information content (AvgIpc) is 2.15. The summed E-state index contributed by atoms with van der Waals surface area (Å²) < 4.78 is 0. The highest BCUT2D eigenvalue weighted by atomic mass is 16.3. The predicted octanol–water partition coefficient (Wildman–Crippen LogP) is 1.37. The van der Waals surface area contributed by atoms with Crippen LogP contribution >= 0.6 is 0 Å². The Balaban J connectivity index is 2.89. The smallest absolute Gasteiger partial charge is 0.108 e. The molecule has 1 atom stereocenters. The molecule has 0 aliphatic carbocycles. The molecule has 3 N–H and O–H groups in total. The zero-order valence-electron chi connectivity index (χ0n) is 8.99. The van der Waals surface area contributed by atoms with Crippen LogP contribution in [0.25, 0.3) is 0 Å². The number of nitrogens with two attached hydrogens (primary N) is 1. The molecule has 1 aromatic rings. The van der Waals surface area contributed by atoms with Gasteiger partial charge in [0.05, 0.1) is 5.69 Å². The minimum absolute atomic E-state index is 0.0964. The molecule has 78 valence electrons. The summed E-state index contributed by atoms with van der Waals surface area (Å²) in [5.74, 6) is 0. The average molecular weight is 194 g/mol. The Morgan fingerprint density at radius 2 is 2.07 bits per heavy atom. The fourth-order valence-electron chi connectivity index (χ4n) is 1.17. The Morgan fingerprint density at radius 3 is 2.43 bits per heavy atom. The SMILES string of the molecule is CC(C)(C)c1ccc(C(O)CN)nc1. The quantitative estimate of drug-likeness (QED) is 0.747. The number of rotatable bonds is 2. The Hall–Kier alpha value is -0.930. The molecular weight excluding hydrogens is 176 g/mol. The van der Waals surface area contributed by atoms with Gasteiger partial charge in [-0.2, -0.15) is 0 Å². The molecule has 0 saturated carbocycles. The van der Waals surface area contributed by atoms with Gasteiger partial charge in [0.2, 0.25) is 0 Å². The number of hydrogen-bond donors (Lipinski definition) is 2. The van der Waals surface area contributed by atoms with Crippen molar-refractivity contribution in [2.45, 2.75) is 32.3 Å². The van der Waals surface area contributed by atoms with Crippen molar-refractivity contribution >= 4 is 0 Å². The van der Waals surface area contributed by atoms with E-state index in [1.165, 1.54) is 0 Å². The van der Waals surface area contributed by atoms with E-state index in [4.69, 9.17) is 5.73 Å². The second-order valence-corrected chi connectivity index (χ2v) is 4.47. The molecule has 1 rings (SSSR count). The van der Waals surface area contributed by atoms with Gasteiger partial charge in [-0.05, 0) is 17.0 Å². The van der Waals surface area contributed by atoms with Crippen molar-refractivity contribution in [3.05, 3.63) is 29.6 Å². The summed E-state index contributed by atoms with van der Waals surface area (Å²) in [5.41, 5.74) is 7.23. The summed E-state index contributed by atoms with van der Waals surface area (Å²) >= 11 is 0. The number of aliphatic hydroxyl groups excluding tert-OH is 1. The van der Waals surface area contributed by atoms with Gasteiger partial charge in [0.25, 0.3) is 0 Å². The van der Waals surface area contributed by atoms with Gasteiger partial charge in [0.1, 0.15) is 6.10 Å². The third-order valence-electron chi connectivity index (χ3n) is 2.22. The van der Waals surface area contributed by atoms with E-state index in [-0.39, 0.29) is 12.0 Å². The Kier molecular flexibility index (Phi) is 3.24. The molecule has 1 unspecified atom stereocenters. The Morgan fingerprint density at radius 1 is 1.43 bits per heavy atom. The molecule has 0 radical (unpaired) electrons. The van der Waals surface area contributed by atoms with Crippen LogP contribution in [0.15, 0.2) is 18.3 Å². The van der Waals surface area contributed by atoms with Crippen LogP contribution in [0.5, 0.6) is 0 Å². The van der Waals surface area contributed by atoms with E-state index < -0.39 is 6.10 Å². The highest BCUT2D eigenvalue weighted by Gasteiger charge is 2.14. The summed E-state index contributed by atoms with van der Waals surface area (Å²) in [5, 5.41) is 9.44. The summed E-state index contributed by atoms with van der Waals surface area (Å²) in [6.45, 7) is 6.59. The number of nitrogens with zero attached hydrogens (tertiary/aromatic N) is 1. The standard InChI is InChI=1S/C11H18N2O/c1-11(2,3)8-4-5-9(13-7-8)10(14)6-12/h4-5,7,10,14H,6,12H2,1-3H3. The Bertz CT molecular complexity index is 287. The van der Waals surface area contributed by atoms with Crippen molar-refractivity contribution in [1.29, 1.82) is 0 Å². The summed E-state index contributed by atoms with van der Waals surface area (Å²) in [4.78, 5) is 4.19. The summed E-state index contributed by atoms with van der Waals surface area (Å²) in [6.07, 6.45) is 1.15. The van der Waals surface area contributed by atoms with Gasteiger partial charge in [0, 0.05) is 12.7 Å². The van der Waals surface area contributed by atoms with Gasteiger partial charge >= 0.3 is 0 Å². The zero-order valence-corrected chi connectivity index (χ0v) is 8.99. The van der Waals surface area contributed by atoms with E-state index in [0.29, 0.717) is 5.69 Å². The molecule has 0 fully saturated rings. The number of pyridine rings is 1. The lowest BCUT2D eigenvalue weighted by Gasteiger charge is -2.19. The summed E-state index contributed by atoms with van der Waals surface area (Å²) in [6, 6.07) is 3.82. The van der Waals surface area contributed by atoms with Crippen LogP contribution in [0.3, 0.4) is 0 Å². The molecular formula is C11H18N2O. The normalized spacial score (nSPS) is 14.1. The van der Waals surface area contributed by atoms with Gasteiger partial charge in [-0.15, -0.1) is 0 Å².